The normalized spacial score (nSPS) is 22.4. The van der Waals surface area contributed by atoms with Gasteiger partial charge in [0.15, 0.2) is 0 Å². The Morgan fingerprint density at radius 3 is 2.44 bits per heavy atom. The summed E-state index contributed by atoms with van der Waals surface area (Å²) in [6.07, 6.45) is 14.4. The largest absolute Gasteiger partial charge is 0.281 e. The molecule has 1 aromatic carbocycles. The van der Waals surface area contributed by atoms with Gasteiger partial charge in [0.2, 0.25) is 0 Å². The first kappa shape index (κ1) is 20.1. The number of allylic oxidation sites excluding steroid dienone is 4. The first-order valence-electron chi connectivity index (χ1n) is 10.4. The van der Waals surface area contributed by atoms with Crippen molar-refractivity contribution >= 4 is 28.9 Å². The van der Waals surface area contributed by atoms with Crippen LogP contribution in [-0.2, 0) is 0 Å². The first-order chi connectivity index (χ1) is 13.1. The van der Waals surface area contributed by atoms with Gasteiger partial charge in [0.25, 0.3) is 0 Å². The summed E-state index contributed by atoms with van der Waals surface area (Å²) in [5.41, 5.74) is 3.17. The molecule has 1 fully saturated rings. The van der Waals surface area contributed by atoms with Gasteiger partial charge in [0, 0.05) is 16.2 Å². The molecule has 3 heteroatoms. The summed E-state index contributed by atoms with van der Waals surface area (Å²) in [7, 11) is 0. The molecule has 0 amide bonds. The summed E-state index contributed by atoms with van der Waals surface area (Å²) < 4.78 is 0. The number of thioether (sulfide) groups is 1. The first-order valence-corrected chi connectivity index (χ1v) is 11.3. The molecule has 0 heterocycles. The zero-order chi connectivity index (χ0) is 19.1. The fraction of sp³-hybridized carbons (Fsp3) is 0.500. The lowest BCUT2D eigenvalue weighted by atomic mass is 10.0. The van der Waals surface area contributed by atoms with Gasteiger partial charge >= 0.3 is 0 Å². The number of nitrogens with zero attached hydrogens (tertiary/aromatic N) is 2. The highest BCUT2D eigenvalue weighted by molar-refractivity contribution is 8.04. The molecule has 1 atom stereocenters. The Labute approximate surface area is 169 Å². The van der Waals surface area contributed by atoms with Crippen LogP contribution in [0.3, 0.4) is 0 Å². The molecule has 0 bridgehead atoms. The fourth-order valence-corrected chi connectivity index (χ4v) is 5.12. The number of hydrogen-bond donors (Lipinski definition) is 0. The number of aliphatic imine (C=N–C) groups is 2. The third kappa shape index (κ3) is 6.49. The Hall–Kier alpha value is -1.61. The summed E-state index contributed by atoms with van der Waals surface area (Å²) in [6, 6.07) is 10.6. The molecule has 1 aromatic rings. The van der Waals surface area contributed by atoms with E-state index in [4.69, 9.17) is 9.98 Å². The Bertz CT molecular complexity index is 722. The molecule has 3 rings (SSSR count). The Morgan fingerprint density at radius 2 is 1.74 bits per heavy atom. The van der Waals surface area contributed by atoms with E-state index in [1.165, 1.54) is 37.0 Å². The van der Waals surface area contributed by atoms with Crippen molar-refractivity contribution < 1.29 is 0 Å². The van der Waals surface area contributed by atoms with Gasteiger partial charge in [0.05, 0.1) is 17.1 Å². The lowest BCUT2D eigenvalue weighted by molar-refractivity contribution is 0.516. The molecule has 2 aliphatic rings. The Morgan fingerprint density at radius 1 is 1.00 bits per heavy atom. The van der Waals surface area contributed by atoms with E-state index < -0.39 is 0 Å². The van der Waals surface area contributed by atoms with E-state index in [2.05, 4.69) is 51.1 Å². The van der Waals surface area contributed by atoms with E-state index in [9.17, 15) is 0 Å². The highest BCUT2D eigenvalue weighted by Gasteiger charge is 2.20. The topological polar surface area (TPSA) is 24.7 Å². The third-order valence-corrected chi connectivity index (χ3v) is 6.36. The SMILES string of the molecule is CC(C)CC(C)N=C1C=CC(=Nc2ccccc2)C=C1SC1CCCCC1. The second-order valence-corrected chi connectivity index (χ2v) is 9.43. The van der Waals surface area contributed by atoms with Gasteiger partial charge in [0.1, 0.15) is 0 Å². The average molecular weight is 381 g/mol. The lowest BCUT2D eigenvalue weighted by Gasteiger charge is -2.24. The maximum absolute atomic E-state index is 5.05. The summed E-state index contributed by atoms with van der Waals surface area (Å²) in [4.78, 5) is 11.2. The second-order valence-electron chi connectivity index (χ2n) is 8.08. The predicted molar refractivity (Wildman–Crippen MR) is 122 cm³/mol. The number of hydrogen-bond acceptors (Lipinski definition) is 3. The van der Waals surface area contributed by atoms with Crippen molar-refractivity contribution in [3.8, 4) is 0 Å². The van der Waals surface area contributed by atoms with Crippen molar-refractivity contribution in [2.45, 2.75) is 70.6 Å². The minimum absolute atomic E-state index is 0.354. The lowest BCUT2D eigenvalue weighted by Crippen LogP contribution is -2.15. The van der Waals surface area contributed by atoms with Gasteiger partial charge < -0.3 is 0 Å². The van der Waals surface area contributed by atoms with Crippen molar-refractivity contribution in [3.63, 3.8) is 0 Å². The molecule has 2 nitrogen and oxygen atoms in total. The van der Waals surface area contributed by atoms with Gasteiger partial charge in [-0.25, -0.2) is 4.99 Å². The van der Waals surface area contributed by atoms with Gasteiger partial charge in [-0.15, -0.1) is 11.8 Å². The number of rotatable bonds is 6. The second kappa shape index (κ2) is 10.1. The fourth-order valence-electron chi connectivity index (χ4n) is 3.76. The maximum atomic E-state index is 5.05. The molecule has 144 valence electrons. The molecule has 0 spiro atoms. The minimum Gasteiger partial charge on any atom is -0.281 e. The number of para-hydroxylation sites is 1. The summed E-state index contributed by atoms with van der Waals surface area (Å²) in [6.45, 7) is 6.77. The van der Waals surface area contributed by atoms with E-state index in [-0.39, 0.29) is 0 Å². The van der Waals surface area contributed by atoms with Crippen LogP contribution in [0.15, 0.2) is 63.4 Å². The molecule has 27 heavy (non-hydrogen) atoms. The zero-order valence-corrected chi connectivity index (χ0v) is 17.7. The predicted octanol–water partition coefficient (Wildman–Crippen LogP) is 7.15. The van der Waals surface area contributed by atoms with Crippen LogP contribution in [0.2, 0.25) is 0 Å². The maximum Gasteiger partial charge on any atom is 0.0714 e. The average Bonchev–Trinajstić information content (AvgIpc) is 2.65. The van der Waals surface area contributed by atoms with Crippen LogP contribution in [-0.4, -0.2) is 22.7 Å². The third-order valence-electron chi connectivity index (χ3n) is 4.98. The van der Waals surface area contributed by atoms with Gasteiger partial charge in [-0.2, -0.15) is 0 Å². The van der Waals surface area contributed by atoms with Crippen LogP contribution < -0.4 is 0 Å². The molecule has 1 saturated carbocycles. The zero-order valence-electron chi connectivity index (χ0n) is 16.9. The summed E-state index contributed by atoms with van der Waals surface area (Å²) in [5.74, 6) is 0.672. The molecule has 0 saturated heterocycles. The molecule has 0 N–H and O–H groups in total. The number of benzene rings is 1. The highest BCUT2D eigenvalue weighted by Crippen LogP contribution is 2.35. The van der Waals surface area contributed by atoms with Gasteiger partial charge in [-0.3, -0.25) is 4.99 Å². The van der Waals surface area contributed by atoms with Gasteiger partial charge in [-0.1, -0.05) is 51.3 Å². The van der Waals surface area contributed by atoms with Crippen LogP contribution in [0, 0.1) is 5.92 Å². The molecule has 0 aliphatic heterocycles. The standard InChI is InChI=1S/C24H32N2S/c1-18(2)16-19(3)25-23-15-14-21(26-20-10-6-4-7-11-20)17-24(23)27-22-12-8-5-9-13-22/h4,6-7,10-11,14-15,17-19,22H,5,8-9,12-13,16H2,1-3H3. The summed E-state index contributed by atoms with van der Waals surface area (Å²) >= 11 is 2.02. The van der Waals surface area contributed by atoms with E-state index in [0.29, 0.717) is 12.0 Å². The van der Waals surface area contributed by atoms with Crippen LogP contribution in [0.5, 0.6) is 0 Å². The Kier molecular flexibility index (Phi) is 7.51. The van der Waals surface area contributed by atoms with E-state index >= 15 is 0 Å². The summed E-state index contributed by atoms with van der Waals surface area (Å²) in [5, 5.41) is 0.722. The molecule has 0 radical (unpaired) electrons. The van der Waals surface area contributed by atoms with E-state index in [1.54, 1.807) is 0 Å². The van der Waals surface area contributed by atoms with Crippen LogP contribution in [0.1, 0.15) is 59.3 Å². The molecular formula is C24H32N2S. The van der Waals surface area contributed by atoms with Crippen molar-refractivity contribution in [1.29, 1.82) is 0 Å². The van der Waals surface area contributed by atoms with Crippen molar-refractivity contribution in [3.05, 3.63) is 53.5 Å². The molecule has 1 unspecified atom stereocenters. The Balaban J connectivity index is 1.83. The van der Waals surface area contributed by atoms with Gasteiger partial charge in [-0.05, 0) is 62.5 Å². The quantitative estimate of drug-likeness (QED) is 0.481. The monoisotopic (exact) mass is 380 g/mol. The van der Waals surface area contributed by atoms with Crippen molar-refractivity contribution in [2.75, 3.05) is 0 Å². The smallest absolute Gasteiger partial charge is 0.0714 e. The van der Waals surface area contributed by atoms with Crippen LogP contribution in [0.4, 0.5) is 5.69 Å². The van der Waals surface area contributed by atoms with Crippen molar-refractivity contribution in [2.24, 2.45) is 15.9 Å². The molecule has 0 aromatic heterocycles. The molecular weight excluding hydrogens is 348 g/mol. The van der Waals surface area contributed by atoms with Crippen molar-refractivity contribution in [1.82, 2.24) is 0 Å². The minimum atomic E-state index is 0.354. The van der Waals surface area contributed by atoms with Crippen LogP contribution >= 0.6 is 11.8 Å². The highest BCUT2D eigenvalue weighted by atomic mass is 32.2. The van der Waals surface area contributed by atoms with Crippen LogP contribution in [0.25, 0.3) is 0 Å². The molecule has 2 aliphatic carbocycles. The van der Waals surface area contributed by atoms with E-state index in [1.807, 2.05) is 30.0 Å². The van der Waals surface area contributed by atoms with E-state index in [0.717, 1.165) is 28.8 Å².